The Morgan fingerprint density at radius 1 is 1.05 bits per heavy atom. The molecule has 1 aromatic carbocycles. The monoisotopic (exact) mass is 283 g/mol. The first-order valence-electron chi connectivity index (χ1n) is 7.28. The van der Waals surface area contributed by atoms with Crippen molar-refractivity contribution in [3.05, 3.63) is 40.7 Å². The number of benzene rings is 1. The molecule has 110 valence electrons. The van der Waals surface area contributed by atoms with Crippen LogP contribution in [0.4, 0.5) is 17.3 Å². The number of nitrogen functional groups attached to an aromatic ring is 1. The van der Waals surface area contributed by atoms with Gasteiger partial charge in [-0.15, -0.1) is 0 Å². The van der Waals surface area contributed by atoms with Crippen molar-refractivity contribution in [2.75, 3.05) is 10.7 Å². The van der Waals surface area contributed by atoms with Gasteiger partial charge in [-0.3, -0.25) is 0 Å². The van der Waals surface area contributed by atoms with E-state index < -0.39 is 0 Å². The van der Waals surface area contributed by atoms with Crippen LogP contribution in [0.3, 0.4) is 0 Å². The summed E-state index contributed by atoms with van der Waals surface area (Å²) < 4.78 is 0. The summed E-state index contributed by atoms with van der Waals surface area (Å²) >= 11 is 0. The van der Waals surface area contributed by atoms with Crippen LogP contribution in [0.2, 0.25) is 0 Å². The van der Waals surface area contributed by atoms with Crippen molar-refractivity contribution in [3.63, 3.8) is 0 Å². The lowest BCUT2D eigenvalue weighted by molar-refractivity contribution is 0.920. The Morgan fingerprint density at radius 3 is 2.38 bits per heavy atom. The summed E-state index contributed by atoms with van der Waals surface area (Å²) in [5.41, 5.74) is 7.17. The Kier molecular flexibility index (Phi) is 3.51. The number of nitrogens with zero attached hydrogens (tertiary/aromatic N) is 2. The number of aryl methyl sites for hydroxylation is 2. The highest BCUT2D eigenvalue weighted by Crippen LogP contribution is 2.39. The molecule has 1 aliphatic carbocycles. The van der Waals surface area contributed by atoms with E-state index >= 15 is 0 Å². The van der Waals surface area contributed by atoms with Gasteiger partial charge in [0.1, 0.15) is 17.5 Å². The van der Waals surface area contributed by atoms with E-state index in [1.54, 1.807) is 0 Å². The van der Waals surface area contributed by atoms with Crippen molar-refractivity contribution < 1.29 is 0 Å². The fourth-order valence-electron chi connectivity index (χ4n) is 2.28. The average Bonchev–Trinajstić information content (AvgIpc) is 3.29. The smallest absolute Gasteiger partial charge is 0.148 e. The number of hydrogen-bond acceptors (Lipinski definition) is 5. The summed E-state index contributed by atoms with van der Waals surface area (Å²) in [4.78, 5) is 9.17. The van der Waals surface area contributed by atoms with Gasteiger partial charge in [0, 0.05) is 17.2 Å². The van der Waals surface area contributed by atoms with Crippen LogP contribution in [-0.4, -0.2) is 9.97 Å². The van der Waals surface area contributed by atoms with Gasteiger partial charge in [0.05, 0.1) is 0 Å². The lowest BCUT2D eigenvalue weighted by Crippen LogP contribution is -2.13. The normalized spacial score (nSPS) is 14.1. The predicted octanol–water partition coefficient (Wildman–Crippen LogP) is 3.31. The molecule has 0 radical (unpaired) electrons. The molecule has 0 atom stereocenters. The standard InChI is InChI=1S/C16H21N5/c1-9-4-7-13(8-10(9)2)18-14-11(3)15(21-17)20-16(19-14)12-5-6-12/h4,7-8,12H,5-6,17H2,1-3H3,(H2,18,19,20,21). The van der Waals surface area contributed by atoms with Crippen LogP contribution in [0.25, 0.3) is 0 Å². The fourth-order valence-corrected chi connectivity index (χ4v) is 2.28. The zero-order valence-electron chi connectivity index (χ0n) is 12.7. The molecule has 5 heteroatoms. The topological polar surface area (TPSA) is 75.9 Å². The first-order valence-corrected chi connectivity index (χ1v) is 7.28. The van der Waals surface area contributed by atoms with Crippen LogP contribution < -0.4 is 16.6 Å². The van der Waals surface area contributed by atoms with E-state index in [-0.39, 0.29) is 0 Å². The molecule has 0 spiro atoms. The molecule has 2 aromatic rings. The molecule has 0 bridgehead atoms. The van der Waals surface area contributed by atoms with Crippen molar-refractivity contribution in [1.82, 2.24) is 9.97 Å². The largest absolute Gasteiger partial charge is 0.340 e. The predicted molar refractivity (Wildman–Crippen MR) is 85.8 cm³/mol. The third-order valence-electron chi connectivity index (χ3n) is 4.01. The third-order valence-corrected chi connectivity index (χ3v) is 4.01. The lowest BCUT2D eigenvalue weighted by Gasteiger charge is -2.14. The Hall–Kier alpha value is -2.14. The number of nitrogens with one attached hydrogen (secondary N) is 2. The number of anilines is 3. The summed E-state index contributed by atoms with van der Waals surface area (Å²) in [5.74, 6) is 8.45. The van der Waals surface area contributed by atoms with Crippen molar-refractivity contribution in [2.24, 2.45) is 5.84 Å². The maximum absolute atomic E-state index is 5.58. The number of nitrogens with two attached hydrogens (primary N) is 1. The molecule has 1 saturated carbocycles. The van der Waals surface area contributed by atoms with Crippen molar-refractivity contribution >= 4 is 17.3 Å². The van der Waals surface area contributed by atoms with Gasteiger partial charge in [-0.2, -0.15) is 0 Å². The van der Waals surface area contributed by atoms with Gasteiger partial charge in [0.25, 0.3) is 0 Å². The molecule has 1 heterocycles. The minimum absolute atomic E-state index is 0.484. The molecule has 1 aromatic heterocycles. The Bertz CT molecular complexity index is 677. The highest BCUT2D eigenvalue weighted by atomic mass is 15.3. The molecule has 4 N–H and O–H groups in total. The van der Waals surface area contributed by atoms with E-state index in [4.69, 9.17) is 5.84 Å². The quantitative estimate of drug-likeness (QED) is 0.593. The highest BCUT2D eigenvalue weighted by molar-refractivity contribution is 5.65. The fraction of sp³-hybridized carbons (Fsp3) is 0.375. The summed E-state index contributed by atoms with van der Waals surface area (Å²) in [7, 11) is 0. The molecular weight excluding hydrogens is 262 g/mol. The Balaban J connectivity index is 1.96. The summed E-state index contributed by atoms with van der Waals surface area (Å²) in [5, 5.41) is 3.39. The number of aromatic nitrogens is 2. The minimum Gasteiger partial charge on any atom is -0.340 e. The number of hydrazine groups is 1. The minimum atomic E-state index is 0.484. The Labute approximate surface area is 125 Å². The van der Waals surface area contributed by atoms with Gasteiger partial charge >= 0.3 is 0 Å². The zero-order valence-corrected chi connectivity index (χ0v) is 12.7. The van der Waals surface area contributed by atoms with Crippen LogP contribution in [0, 0.1) is 20.8 Å². The van der Waals surface area contributed by atoms with Gasteiger partial charge < -0.3 is 10.7 Å². The molecule has 0 saturated heterocycles. The van der Waals surface area contributed by atoms with Gasteiger partial charge in [0.15, 0.2) is 0 Å². The molecule has 1 fully saturated rings. The third kappa shape index (κ3) is 2.83. The van der Waals surface area contributed by atoms with Crippen LogP contribution in [0.1, 0.15) is 41.3 Å². The average molecular weight is 283 g/mol. The summed E-state index contributed by atoms with van der Waals surface area (Å²) in [6, 6.07) is 6.30. The molecule has 0 aliphatic heterocycles. The second-order valence-corrected chi connectivity index (χ2v) is 5.75. The molecule has 21 heavy (non-hydrogen) atoms. The molecule has 5 nitrogen and oxygen atoms in total. The van der Waals surface area contributed by atoms with E-state index in [1.165, 1.54) is 11.1 Å². The van der Waals surface area contributed by atoms with Crippen LogP contribution in [-0.2, 0) is 0 Å². The molecule has 0 unspecified atom stereocenters. The van der Waals surface area contributed by atoms with Crippen LogP contribution in [0.5, 0.6) is 0 Å². The van der Waals surface area contributed by atoms with Crippen molar-refractivity contribution in [2.45, 2.75) is 39.5 Å². The van der Waals surface area contributed by atoms with Gasteiger partial charge in [-0.1, -0.05) is 6.07 Å². The van der Waals surface area contributed by atoms with Gasteiger partial charge in [0.2, 0.25) is 0 Å². The maximum Gasteiger partial charge on any atom is 0.148 e. The van der Waals surface area contributed by atoms with Gasteiger partial charge in [-0.25, -0.2) is 15.8 Å². The number of rotatable bonds is 4. The van der Waals surface area contributed by atoms with Gasteiger partial charge in [-0.05, 0) is 56.9 Å². The number of hydrogen-bond donors (Lipinski definition) is 3. The summed E-state index contributed by atoms with van der Waals surface area (Å²) in [6.07, 6.45) is 2.33. The van der Waals surface area contributed by atoms with E-state index in [0.29, 0.717) is 11.7 Å². The molecular formula is C16H21N5. The van der Waals surface area contributed by atoms with Crippen LogP contribution >= 0.6 is 0 Å². The van der Waals surface area contributed by atoms with E-state index in [2.05, 4.69) is 52.8 Å². The van der Waals surface area contributed by atoms with E-state index in [0.717, 1.165) is 35.7 Å². The summed E-state index contributed by atoms with van der Waals surface area (Å²) in [6.45, 7) is 6.18. The van der Waals surface area contributed by atoms with Crippen LogP contribution in [0.15, 0.2) is 18.2 Å². The molecule has 3 rings (SSSR count). The Morgan fingerprint density at radius 2 is 1.76 bits per heavy atom. The first-order chi connectivity index (χ1) is 10.1. The van der Waals surface area contributed by atoms with E-state index in [9.17, 15) is 0 Å². The van der Waals surface area contributed by atoms with Crippen molar-refractivity contribution in [1.29, 1.82) is 0 Å². The maximum atomic E-state index is 5.58. The second kappa shape index (κ2) is 5.33. The zero-order chi connectivity index (χ0) is 15.0. The SMILES string of the molecule is Cc1ccc(Nc2nc(C3CC3)nc(NN)c2C)cc1C. The molecule has 0 amide bonds. The first kappa shape index (κ1) is 13.8. The highest BCUT2D eigenvalue weighted by Gasteiger charge is 2.28. The second-order valence-electron chi connectivity index (χ2n) is 5.75. The van der Waals surface area contributed by atoms with Crippen molar-refractivity contribution in [3.8, 4) is 0 Å². The molecule has 1 aliphatic rings. The lowest BCUT2D eigenvalue weighted by atomic mass is 10.1. The van der Waals surface area contributed by atoms with E-state index in [1.807, 2.05) is 6.92 Å².